The maximum atomic E-state index is 13.1. The fourth-order valence-corrected chi connectivity index (χ4v) is 5.32. The highest BCUT2D eigenvalue weighted by atomic mass is 16.7. The Labute approximate surface area is 271 Å². The van der Waals surface area contributed by atoms with Crippen molar-refractivity contribution in [3.63, 3.8) is 0 Å². The van der Waals surface area contributed by atoms with Crippen molar-refractivity contribution in [3.8, 4) is 11.5 Å². The van der Waals surface area contributed by atoms with Crippen LogP contribution in [-0.4, -0.2) is 87.3 Å². The molecule has 1 aromatic rings. The van der Waals surface area contributed by atoms with Crippen LogP contribution in [0.3, 0.4) is 0 Å². The van der Waals surface area contributed by atoms with E-state index >= 15 is 0 Å². The number of rotatable bonds is 13. The van der Waals surface area contributed by atoms with Gasteiger partial charge < -0.3 is 42.6 Å². The summed E-state index contributed by atoms with van der Waals surface area (Å²) in [6, 6.07) is 0. The van der Waals surface area contributed by atoms with Crippen molar-refractivity contribution in [2.75, 3.05) is 20.8 Å². The number of hydrogen-bond donors (Lipinski definition) is 0. The minimum Gasteiger partial charge on any atom is -0.496 e. The Kier molecular flexibility index (Phi) is 12.7. The van der Waals surface area contributed by atoms with Crippen LogP contribution in [0.5, 0.6) is 11.5 Å². The van der Waals surface area contributed by atoms with Crippen molar-refractivity contribution < 1.29 is 71.4 Å². The van der Waals surface area contributed by atoms with E-state index in [9.17, 15) is 28.8 Å². The van der Waals surface area contributed by atoms with E-state index in [4.69, 9.17) is 42.6 Å². The van der Waals surface area contributed by atoms with Gasteiger partial charge in [0.25, 0.3) is 0 Å². The summed E-state index contributed by atoms with van der Waals surface area (Å²) < 4.78 is 50.0. The standard InChI is InChI=1S/C32H40O15/c1-15(10-12-24(37)39-7)9-11-21-26(40-8)16(2)22-13-42-31(38)25(22)27(21)47-32-30(45-20(6)36)29(44-19(5)35)28(43-18(4)34)23(46-32)14-41-17(3)33/h9,23,28-30,32H,10-14H2,1-8H3/b15-9+. The predicted octanol–water partition coefficient (Wildman–Crippen LogP) is 2.58. The third-order valence-electron chi connectivity index (χ3n) is 7.41. The largest absolute Gasteiger partial charge is 0.496 e. The highest BCUT2D eigenvalue weighted by molar-refractivity contribution is 5.98. The molecule has 15 nitrogen and oxygen atoms in total. The lowest BCUT2D eigenvalue weighted by molar-refractivity contribution is -0.288. The summed E-state index contributed by atoms with van der Waals surface area (Å²) in [5.74, 6) is -3.82. The Balaban J connectivity index is 2.20. The number of fused-ring (bicyclic) bond motifs is 1. The van der Waals surface area contributed by atoms with Gasteiger partial charge in [0.2, 0.25) is 12.4 Å². The second-order valence-corrected chi connectivity index (χ2v) is 10.9. The van der Waals surface area contributed by atoms with Crippen LogP contribution in [0.4, 0.5) is 0 Å². The second-order valence-electron chi connectivity index (χ2n) is 10.9. The molecule has 5 unspecified atom stereocenters. The van der Waals surface area contributed by atoms with Crippen LogP contribution in [0.2, 0.25) is 0 Å². The molecular formula is C32H40O15. The van der Waals surface area contributed by atoms with E-state index in [1.54, 1.807) is 6.92 Å². The number of benzene rings is 1. The van der Waals surface area contributed by atoms with Crippen LogP contribution >= 0.6 is 0 Å². The quantitative estimate of drug-likeness (QED) is 0.170. The van der Waals surface area contributed by atoms with Crippen molar-refractivity contribution >= 4 is 35.8 Å². The summed E-state index contributed by atoms with van der Waals surface area (Å²) in [7, 11) is 2.75. The van der Waals surface area contributed by atoms with Gasteiger partial charge in [0, 0.05) is 45.2 Å². The summed E-state index contributed by atoms with van der Waals surface area (Å²) in [4.78, 5) is 73.3. The molecule has 1 fully saturated rings. The molecule has 0 bridgehead atoms. The van der Waals surface area contributed by atoms with E-state index in [-0.39, 0.29) is 36.7 Å². The maximum Gasteiger partial charge on any atom is 0.342 e. The number of hydrogen-bond acceptors (Lipinski definition) is 15. The van der Waals surface area contributed by atoms with Gasteiger partial charge in [0.05, 0.1) is 14.2 Å². The third kappa shape index (κ3) is 9.21. The van der Waals surface area contributed by atoms with Crippen LogP contribution < -0.4 is 9.47 Å². The minimum absolute atomic E-state index is 0.0251. The third-order valence-corrected chi connectivity index (χ3v) is 7.41. The van der Waals surface area contributed by atoms with Gasteiger partial charge >= 0.3 is 35.8 Å². The number of cyclic esters (lactones) is 1. The molecule has 1 aromatic carbocycles. The molecular weight excluding hydrogens is 624 g/mol. The first kappa shape index (κ1) is 36.8. The molecule has 47 heavy (non-hydrogen) atoms. The molecule has 0 amide bonds. The molecule has 258 valence electrons. The Bertz CT molecular complexity index is 1430. The normalized spacial score (nSPS) is 21.9. The van der Waals surface area contributed by atoms with E-state index in [1.807, 2.05) is 13.0 Å². The lowest BCUT2D eigenvalue weighted by Gasteiger charge is -2.44. The fraction of sp³-hybridized carbons (Fsp3) is 0.562. The molecule has 1 saturated heterocycles. The van der Waals surface area contributed by atoms with Crippen molar-refractivity contribution in [2.45, 2.75) is 98.1 Å². The Hall–Kier alpha value is -4.66. The Morgan fingerprint density at radius 1 is 0.830 bits per heavy atom. The molecule has 2 heterocycles. The molecule has 0 aromatic heterocycles. The molecule has 0 aliphatic carbocycles. The first-order valence-corrected chi connectivity index (χ1v) is 14.8. The molecule has 0 N–H and O–H groups in total. The molecule has 2 aliphatic heterocycles. The van der Waals surface area contributed by atoms with Crippen molar-refractivity contribution in [1.29, 1.82) is 0 Å². The molecule has 0 radical (unpaired) electrons. The van der Waals surface area contributed by atoms with Crippen LogP contribution in [0, 0.1) is 6.92 Å². The van der Waals surface area contributed by atoms with E-state index in [1.165, 1.54) is 14.2 Å². The molecule has 0 saturated carbocycles. The van der Waals surface area contributed by atoms with Gasteiger partial charge in [0.1, 0.15) is 36.4 Å². The highest BCUT2D eigenvalue weighted by Gasteiger charge is 2.54. The van der Waals surface area contributed by atoms with Crippen LogP contribution in [0.25, 0.3) is 0 Å². The van der Waals surface area contributed by atoms with Gasteiger partial charge in [-0.2, -0.15) is 0 Å². The Morgan fingerprint density at radius 3 is 2.02 bits per heavy atom. The predicted molar refractivity (Wildman–Crippen MR) is 158 cm³/mol. The zero-order valence-electron chi connectivity index (χ0n) is 27.6. The van der Waals surface area contributed by atoms with E-state index in [0.717, 1.165) is 33.3 Å². The monoisotopic (exact) mass is 664 g/mol. The van der Waals surface area contributed by atoms with Crippen molar-refractivity contribution in [3.05, 3.63) is 33.9 Å². The first-order valence-electron chi connectivity index (χ1n) is 14.8. The molecule has 0 spiro atoms. The minimum atomic E-state index is -1.61. The first-order chi connectivity index (χ1) is 22.2. The maximum absolute atomic E-state index is 13.1. The lowest BCUT2D eigenvalue weighted by atomic mass is 9.94. The SMILES string of the molecule is COC(=O)CC/C(C)=C/Cc1c(OC)c(C)c2c(c1OC1OC(COC(C)=O)C(OC(C)=O)C(OC(C)=O)C1OC(C)=O)C(=O)OC2. The lowest BCUT2D eigenvalue weighted by Crippen LogP contribution is -2.63. The zero-order chi connectivity index (χ0) is 35.0. The number of methoxy groups -OCH3 is 2. The van der Waals surface area contributed by atoms with Gasteiger partial charge in [-0.1, -0.05) is 11.6 Å². The summed E-state index contributed by atoms with van der Waals surface area (Å²) in [6.45, 7) is 7.51. The van der Waals surface area contributed by atoms with Gasteiger partial charge in [-0.25, -0.2) is 4.79 Å². The summed E-state index contributed by atoms with van der Waals surface area (Å²) in [5.41, 5.74) is 2.41. The number of esters is 6. The van der Waals surface area contributed by atoms with E-state index < -0.39 is 67.2 Å². The Morgan fingerprint density at radius 2 is 1.45 bits per heavy atom. The smallest absolute Gasteiger partial charge is 0.342 e. The van der Waals surface area contributed by atoms with Crippen molar-refractivity contribution in [1.82, 2.24) is 0 Å². The van der Waals surface area contributed by atoms with Crippen LogP contribution in [0.1, 0.15) is 74.5 Å². The van der Waals surface area contributed by atoms with Crippen LogP contribution in [-0.2, 0) is 70.2 Å². The summed E-state index contributed by atoms with van der Waals surface area (Å²) >= 11 is 0. The average Bonchev–Trinajstić information content (AvgIpc) is 3.38. The topological polar surface area (TPSA) is 185 Å². The van der Waals surface area contributed by atoms with Gasteiger partial charge in [-0.05, 0) is 32.3 Å². The van der Waals surface area contributed by atoms with Crippen LogP contribution in [0.15, 0.2) is 11.6 Å². The summed E-state index contributed by atoms with van der Waals surface area (Å²) in [6.07, 6.45) is -4.79. The number of carbonyl (C=O) groups excluding carboxylic acids is 6. The van der Waals surface area contributed by atoms with E-state index in [2.05, 4.69) is 0 Å². The summed E-state index contributed by atoms with van der Waals surface area (Å²) in [5, 5.41) is 0. The van der Waals surface area contributed by atoms with Crippen molar-refractivity contribution in [2.24, 2.45) is 0 Å². The fourth-order valence-electron chi connectivity index (χ4n) is 5.32. The van der Waals surface area contributed by atoms with Gasteiger partial charge in [-0.3, -0.25) is 24.0 Å². The second kappa shape index (κ2) is 16.3. The number of ether oxygens (including phenoxy) is 9. The number of carbonyl (C=O) groups is 6. The average molecular weight is 665 g/mol. The number of allylic oxidation sites excluding steroid dienone is 2. The molecule has 2 aliphatic rings. The molecule has 3 rings (SSSR count). The molecule has 5 atom stereocenters. The van der Waals surface area contributed by atoms with Gasteiger partial charge in [-0.15, -0.1) is 0 Å². The zero-order valence-corrected chi connectivity index (χ0v) is 27.6. The van der Waals surface area contributed by atoms with Gasteiger partial charge in [0.15, 0.2) is 12.2 Å². The molecule has 15 heteroatoms. The van der Waals surface area contributed by atoms with E-state index in [0.29, 0.717) is 28.9 Å². The highest BCUT2D eigenvalue weighted by Crippen LogP contribution is 2.44.